The molecule has 18 heavy (non-hydrogen) atoms. The van der Waals surface area contributed by atoms with Gasteiger partial charge in [0.1, 0.15) is 0 Å². The quantitative estimate of drug-likeness (QED) is 0.801. The van der Waals surface area contributed by atoms with E-state index >= 15 is 0 Å². The lowest BCUT2D eigenvalue weighted by atomic mass is 9.94. The minimum atomic E-state index is 0.593. The van der Waals surface area contributed by atoms with Crippen LogP contribution in [0.25, 0.3) is 0 Å². The van der Waals surface area contributed by atoms with Crippen LogP contribution in [0.3, 0.4) is 0 Å². The fourth-order valence-electron chi connectivity index (χ4n) is 2.27. The van der Waals surface area contributed by atoms with Gasteiger partial charge in [0.05, 0.1) is 6.61 Å². The van der Waals surface area contributed by atoms with E-state index in [1.54, 1.807) is 12.3 Å². The first-order valence-corrected chi connectivity index (χ1v) is 7.47. The molecule has 0 saturated carbocycles. The largest absolute Gasteiger partial charge is 0.478 e. The van der Waals surface area contributed by atoms with Crippen molar-refractivity contribution >= 4 is 21.9 Å². The van der Waals surface area contributed by atoms with Gasteiger partial charge in [-0.05, 0) is 25.7 Å². The lowest BCUT2D eigenvalue weighted by Crippen LogP contribution is -2.36. The van der Waals surface area contributed by atoms with Gasteiger partial charge in [0.2, 0.25) is 11.8 Å². The number of ether oxygens (including phenoxy) is 1. The number of anilines is 1. The molecule has 0 N–H and O–H groups in total. The third-order valence-corrected chi connectivity index (χ3v) is 4.13. The van der Waals surface area contributed by atoms with Gasteiger partial charge in [0, 0.05) is 30.2 Å². The van der Waals surface area contributed by atoms with Gasteiger partial charge in [0.15, 0.2) is 0 Å². The summed E-state index contributed by atoms with van der Waals surface area (Å²) in [5, 5.41) is 0. The zero-order chi connectivity index (χ0) is 13.0. The van der Waals surface area contributed by atoms with Crippen LogP contribution in [-0.2, 0) is 0 Å². The van der Waals surface area contributed by atoms with Crippen molar-refractivity contribution in [3.63, 3.8) is 0 Å². The highest BCUT2D eigenvalue weighted by atomic mass is 79.9. The molecule has 2 rings (SSSR count). The molecule has 0 spiro atoms. The number of hydrogen-bond donors (Lipinski definition) is 0. The molecule has 5 heteroatoms. The molecule has 0 aromatic carbocycles. The molecular weight excluding hydrogens is 294 g/mol. The molecule has 1 aromatic rings. The Balaban J connectivity index is 1.98. The van der Waals surface area contributed by atoms with Crippen molar-refractivity contribution in [3.8, 4) is 5.88 Å². The van der Waals surface area contributed by atoms with E-state index in [9.17, 15) is 0 Å². The second-order valence-corrected chi connectivity index (χ2v) is 6.07. The van der Waals surface area contributed by atoms with Gasteiger partial charge in [-0.1, -0.05) is 22.9 Å². The SMILES string of the molecule is CCOc1ccnc(N2CCC(C(C)Br)CC2)n1. The molecule has 1 aliphatic rings. The van der Waals surface area contributed by atoms with Crippen LogP contribution in [0.4, 0.5) is 5.95 Å². The summed E-state index contributed by atoms with van der Waals surface area (Å²) in [5.74, 6) is 2.22. The number of rotatable bonds is 4. The molecule has 2 heterocycles. The van der Waals surface area contributed by atoms with E-state index in [0.29, 0.717) is 17.3 Å². The van der Waals surface area contributed by atoms with Crippen molar-refractivity contribution in [1.82, 2.24) is 9.97 Å². The first-order chi connectivity index (χ1) is 8.70. The van der Waals surface area contributed by atoms with Gasteiger partial charge in [-0.25, -0.2) is 4.98 Å². The van der Waals surface area contributed by atoms with Crippen molar-refractivity contribution in [3.05, 3.63) is 12.3 Å². The van der Waals surface area contributed by atoms with Crippen LogP contribution in [0.15, 0.2) is 12.3 Å². The molecule has 100 valence electrons. The summed E-state index contributed by atoms with van der Waals surface area (Å²) >= 11 is 3.67. The van der Waals surface area contributed by atoms with E-state index in [2.05, 4.69) is 37.7 Å². The first-order valence-electron chi connectivity index (χ1n) is 6.55. The molecular formula is C13H20BrN3O. The molecule has 1 unspecified atom stereocenters. The van der Waals surface area contributed by atoms with Crippen molar-refractivity contribution in [2.75, 3.05) is 24.6 Å². The van der Waals surface area contributed by atoms with E-state index in [4.69, 9.17) is 4.74 Å². The zero-order valence-electron chi connectivity index (χ0n) is 11.0. The third kappa shape index (κ3) is 3.34. The molecule has 0 radical (unpaired) electrons. The smallest absolute Gasteiger partial charge is 0.228 e. The highest BCUT2D eigenvalue weighted by Crippen LogP contribution is 2.27. The highest BCUT2D eigenvalue weighted by Gasteiger charge is 2.23. The topological polar surface area (TPSA) is 38.2 Å². The number of hydrogen-bond acceptors (Lipinski definition) is 4. The second kappa shape index (κ2) is 6.36. The Hall–Kier alpha value is -0.840. The van der Waals surface area contributed by atoms with Crippen LogP contribution in [0.2, 0.25) is 0 Å². The molecule has 1 aliphatic heterocycles. The monoisotopic (exact) mass is 313 g/mol. The molecule has 4 nitrogen and oxygen atoms in total. The van der Waals surface area contributed by atoms with Crippen molar-refractivity contribution in [1.29, 1.82) is 0 Å². The summed E-state index contributed by atoms with van der Waals surface area (Å²) in [4.78, 5) is 11.6. The predicted octanol–water partition coefficient (Wildman–Crippen LogP) is 2.88. The molecule has 1 saturated heterocycles. The van der Waals surface area contributed by atoms with Crippen LogP contribution in [0, 0.1) is 5.92 Å². The summed E-state index contributed by atoms with van der Waals surface area (Å²) in [6.07, 6.45) is 4.15. The molecule has 0 aliphatic carbocycles. The second-order valence-electron chi connectivity index (χ2n) is 4.63. The van der Waals surface area contributed by atoms with Crippen LogP contribution in [0.1, 0.15) is 26.7 Å². The number of alkyl halides is 1. The summed E-state index contributed by atoms with van der Waals surface area (Å²) in [7, 11) is 0. The van der Waals surface area contributed by atoms with E-state index in [1.165, 1.54) is 12.8 Å². The van der Waals surface area contributed by atoms with Crippen LogP contribution >= 0.6 is 15.9 Å². The summed E-state index contributed by atoms with van der Waals surface area (Å²) in [5.41, 5.74) is 0. The maximum Gasteiger partial charge on any atom is 0.228 e. The Bertz CT molecular complexity index is 378. The highest BCUT2D eigenvalue weighted by molar-refractivity contribution is 9.09. The van der Waals surface area contributed by atoms with E-state index in [-0.39, 0.29) is 0 Å². The first kappa shape index (κ1) is 13.6. The van der Waals surface area contributed by atoms with Crippen molar-refractivity contribution < 1.29 is 4.74 Å². The van der Waals surface area contributed by atoms with Crippen LogP contribution in [-0.4, -0.2) is 34.5 Å². The fourth-order valence-corrected chi connectivity index (χ4v) is 2.80. The van der Waals surface area contributed by atoms with E-state index < -0.39 is 0 Å². The minimum absolute atomic E-state index is 0.593. The molecule has 1 aromatic heterocycles. The molecule has 0 amide bonds. The number of nitrogens with zero attached hydrogens (tertiary/aromatic N) is 3. The number of halogens is 1. The Kier molecular flexibility index (Phi) is 4.80. The molecule has 1 atom stereocenters. The standard InChI is InChI=1S/C13H20BrN3O/c1-3-18-12-4-7-15-13(16-12)17-8-5-11(6-9-17)10(2)14/h4,7,10-11H,3,5-6,8-9H2,1-2H3. The minimum Gasteiger partial charge on any atom is -0.478 e. The Morgan fingerprint density at radius 3 is 2.83 bits per heavy atom. The fraction of sp³-hybridized carbons (Fsp3) is 0.692. The average molecular weight is 314 g/mol. The van der Waals surface area contributed by atoms with Crippen molar-refractivity contribution in [2.45, 2.75) is 31.5 Å². The number of piperidine rings is 1. The van der Waals surface area contributed by atoms with Crippen LogP contribution < -0.4 is 9.64 Å². The van der Waals surface area contributed by atoms with Crippen molar-refractivity contribution in [2.24, 2.45) is 5.92 Å². The third-order valence-electron chi connectivity index (χ3n) is 3.38. The van der Waals surface area contributed by atoms with Gasteiger partial charge >= 0.3 is 0 Å². The summed E-state index contributed by atoms with van der Waals surface area (Å²) < 4.78 is 5.41. The zero-order valence-corrected chi connectivity index (χ0v) is 12.6. The summed E-state index contributed by atoms with van der Waals surface area (Å²) in [6, 6.07) is 1.81. The number of aromatic nitrogens is 2. The Morgan fingerprint density at radius 1 is 1.50 bits per heavy atom. The maximum absolute atomic E-state index is 5.41. The van der Waals surface area contributed by atoms with Gasteiger partial charge in [-0.3, -0.25) is 0 Å². The normalized spacial score (nSPS) is 18.7. The van der Waals surface area contributed by atoms with E-state index in [0.717, 1.165) is 25.0 Å². The van der Waals surface area contributed by atoms with E-state index in [1.807, 2.05) is 6.92 Å². The Labute approximate surface area is 117 Å². The van der Waals surface area contributed by atoms with Crippen LogP contribution in [0.5, 0.6) is 5.88 Å². The lowest BCUT2D eigenvalue weighted by molar-refractivity contribution is 0.325. The molecule has 1 fully saturated rings. The maximum atomic E-state index is 5.41. The van der Waals surface area contributed by atoms with Gasteiger partial charge in [-0.15, -0.1) is 0 Å². The van der Waals surface area contributed by atoms with Gasteiger partial charge < -0.3 is 9.64 Å². The predicted molar refractivity (Wildman–Crippen MR) is 76.5 cm³/mol. The van der Waals surface area contributed by atoms with Gasteiger partial charge in [-0.2, -0.15) is 4.98 Å². The average Bonchev–Trinajstić information content (AvgIpc) is 2.39. The summed E-state index contributed by atoms with van der Waals surface area (Å²) in [6.45, 7) is 6.88. The lowest BCUT2D eigenvalue weighted by Gasteiger charge is -2.33. The molecule has 0 bridgehead atoms. The van der Waals surface area contributed by atoms with Gasteiger partial charge in [0.25, 0.3) is 0 Å². The Morgan fingerprint density at radius 2 is 2.22 bits per heavy atom.